The third-order valence-corrected chi connectivity index (χ3v) is 3.89. The van der Waals surface area contributed by atoms with Gasteiger partial charge in [-0.25, -0.2) is 0 Å². The van der Waals surface area contributed by atoms with Crippen LogP contribution >= 0.6 is 15.9 Å². The van der Waals surface area contributed by atoms with E-state index >= 15 is 0 Å². The summed E-state index contributed by atoms with van der Waals surface area (Å²) >= 11 is 3.39. The number of nitriles is 1. The molecule has 0 aromatic carbocycles. The van der Waals surface area contributed by atoms with E-state index in [-0.39, 0.29) is 10.7 Å². The average molecular weight is 288 g/mol. The smallest absolute Gasteiger partial charge is 0.236 e. The Bertz CT molecular complexity index is 269. The Morgan fingerprint density at radius 2 is 2.06 bits per heavy atom. The number of alkyl halides is 1. The molecule has 0 aromatic rings. The summed E-state index contributed by atoms with van der Waals surface area (Å²) in [6.45, 7) is 6.16. The van der Waals surface area contributed by atoms with Crippen LogP contribution in [0, 0.1) is 11.3 Å². The van der Waals surface area contributed by atoms with Crippen molar-refractivity contribution in [1.82, 2.24) is 9.80 Å². The Kier molecular flexibility index (Phi) is 5.78. The number of carbonyl (C=O) groups excluding carboxylic acids is 1. The molecule has 90 valence electrons. The van der Waals surface area contributed by atoms with E-state index in [9.17, 15) is 4.79 Å². The highest BCUT2D eigenvalue weighted by Crippen LogP contribution is 2.11. The van der Waals surface area contributed by atoms with E-state index in [1.54, 1.807) is 0 Å². The molecule has 1 amide bonds. The SMILES string of the molecule is CCC(Br)C(=O)N1CCN(CCC#N)CC1. The van der Waals surface area contributed by atoms with Crippen LogP contribution in [0.1, 0.15) is 19.8 Å². The first-order valence-corrected chi connectivity index (χ1v) is 6.62. The largest absolute Gasteiger partial charge is 0.339 e. The lowest BCUT2D eigenvalue weighted by atomic mass is 10.2. The number of hydrogen-bond acceptors (Lipinski definition) is 3. The number of halogens is 1. The van der Waals surface area contributed by atoms with Crippen LogP contribution in [0.3, 0.4) is 0 Å². The van der Waals surface area contributed by atoms with Crippen molar-refractivity contribution < 1.29 is 4.79 Å². The zero-order chi connectivity index (χ0) is 12.0. The molecule has 1 aliphatic rings. The van der Waals surface area contributed by atoms with Crippen LogP contribution in [0.4, 0.5) is 0 Å². The molecular weight excluding hydrogens is 270 g/mol. The molecule has 16 heavy (non-hydrogen) atoms. The van der Waals surface area contributed by atoms with E-state index in [0.717, 1.165) is 39.1 Å². The molecule has 1 heterocycles. The topological polar surface area (TPSA) is 47.3 Å². The van der Waals surface area contributed by atoms with Gasteiger partial charge in [0.15, 0.2) is 0 Å². The zero-order valence-electron chi connectivity index (χ0n) is 9.65. The van der Waals surface area contributed by atoms with Gasteiger partial charge in [-0.2, -0.15) is 5.26 Å². The molecular formula is C11H18BrN3O. The van der Waals surface area contributed by atoms with Gasteiger partial charge in [-0.05, 0) is 6.42 Å². The summed E-state index contributed by atoms with van der Waals surface area (Å²) in [6, 6.07) is 2.15. The first-order valence-electron chi connectivity index (χ1n) is 5.71. The van der Waals surface area contributed by atoms with Crippen LogP contribution in [0.2, 0.25) is 0 Å². The van der Waals surface area contributed by atoms with Crippen molar-refractivity contribution in [3.05, 3.63) is 0 Å². The predicted molar refractivity (Wildman–Crippen MR) is 66.3 cm³/mol. The van der Waals surface area contributed by atoms with E-state index in [2.05, 4.69) is 26.9 Å². The Morgan fingerprint density at radius 1 is 1.44 bits per heavy atom. The Hall–Kier alpha value is -0.600. The van der Waals surface area contributed by atoms with E-state index < -0.39 is 0 Å². The second kappa shape index (κ2) is 6.87. The second-order valence-electron chi connectivity index (χ2n) is 3.95. The molecule has 1 aliphatic heterocycles. The summed E-state index contributed by atoms with van der Waals surface area (Å²) in [5, 5.41) is 8.49. The van der Waals surface area contributed by atoms with Crippen LogP contribution in [0.25, 0.3) is 0 Å². The highest BCUT2D eigenvalue weighted by atomic mass is 79.9. The molecule has 0 N–H and O–H groups in total. The third-order valence-electron chi connectivity index (χ3n) is 2.85. The number of rotatable bonds is 4. The van der Waals surface area contributed by atoms with Gasteiger partial charge in [0.1, 0.15) is 0 Å². The van der Waals surface area contributed by atoms with Gasteiger partial charge in [-0.1, -0.05) is 22.9 Å². The summed E-state index contributed by atoms with van der Waals surface area (Å²) in [4.78, 5) is 16.0. The normalized spacial score (nSPS) is 19.2. The van der Waals surface area contributed by atoms with Gasteiger partial charge in [0.05, 0.1) is 10.9 Å². The zero-order valence-corrected chi connectivity index (χ0v) is 11.2. The first kappa shape index (κ1) is 13.5. The molecule has 0 radical (unpaired) electrons. The molecule has 1 unspecified atom stereocenters. The number of piperazine rings is 1. The first-order chi connectivity index (χ1) is 7.69. The van der Waals surface area contributed by atoms with E-state index in [1.807, 2.05) is 11.8 Å². The molecule has 1 rings (SSSR count). The van der Waals surface area contributed by atoms with Crippen molar-refractivity contribution >= 4 is 21.8 Å². The Morgan fingerprint density at radius 3 is 2.56 bits per heavy atom. The van der Waals surface area contributed by atoms with Gasteiger partial charge >= 0.3 is 0 Å². The molecule has 4 nitrogen and oxygen atoms in total. The lowest BCUT2D eigenvalue weighted by molar-refractivity contribution is -0.132. The van der Waals surface area contributed by atoms with Crippen molar-refractivity contribution in [2.45, 2.75) is 24.6 Å². The standard InChI is InChI=1S/C11H18BrN3O/c1-2-10(12)11(16)15-8-6-14(7-9-15)5-3-4-13/h10H,2-3,5-9H2,1H3. The maximum Gasteiger partial charge on any atom is 0.236 e. The highest BCUT2D eigenvalue weighted by molar-refractivity contribution is 9.10. The lowest BCUT2D eigenvalue weighted by Gasteiger charge is -2.35. The van der Waals surface area contributed by atoms with Gasteiger partial charge in [-0.15, -0.1) is 0 Å². The highest BCUT2D eigenvalue weighted by Gasteiger charge is 2.24. The number of nitrogens with zero attached hydrogens (tertiary/aromatic N) is 3. The fraction of sp³-hybridized carbons (Fsp3) is 0.818. The summed E-state index contributed by atoms with van der Waals surface area (Å²) in [7, 11) is 0. The van der Waals surface area contributed by atoms with Crippen molar-refractivity contribution in [2.24, 2.45) is 0 Å². The van der Waals surface area contributed by atoms with E-state index in [1.165, 1.54) is 0 Å². The van der Waals surface area contributed by atoms with Crippen molar-refractivity contribution in [1.29, 1.82) is 5.26 Å². The molecule has 5 heteroatoms. The third kappa shape index (κ3) is 3.76. The van der Waals surface area contributed by atoms with Crippen LogP contribution in [-0.4, -0.2) is 53.3 Å². The maximum atomic E-state index is 11.9. The molecule has 0 saturated carbocycles. The number of carbonyl (C=O) groups is 1. The summed E-state index contributed by atoms with van der Waals surface area (Å²) in [5.74, 6) is 0.197. The molecule has 1 saturated heterocycles. The summed E-state index contributed by atoms with van der Waals surface area (Å²) in [6.07, 6.45) is 1.40. The lowest BCUT2D eigenvalue weighted by Crippen LogP contribution is -2.50. The molecule has 0 aromatic heterocycles. The quantitative estimate of drug-likeness (QED) is 0.731. The van der Waals surface area contributed by atoms with Crippen LogP contribution in [0.15, 0.2) is 0 Å². The van der Waals surface area contributed by atoms with Crippen LogP contribution in [0.5, 0.6) is 0 Å². The Labute approximate surface area is 105 Å². The fourth-order valence-electron chi connectivity index (χ4n) is 1.77. The number of hydrogen-bond donors (Lipinski definition) is 0. The van der Waals surface area contributed by atoms with Crippen molar-refractivity contribution in [2.75, 3.05) is 32.7 Å². The molecule has 0 aliphatic carbocycles. The average Bonchev–Trinajstić information content (AvgIpc) is 2.35. The van der Waals surface area contributed by atoms with Gasteiger partial charge in [-0.3, -0.25) is 9.69 Å². The van der Waals surface area contributed by atoms with Gasteiger partial charge in [0.25, 0.3) is 0 Å². The van der Waals surface area contributed by atoms with Gasteiger partial charge in [0, 0.05) is 39.1 Å². The minimum absolute atomic E-state index is 0.0434. The van der Waals surface area contributed by atoms with Gasteiger partial charge in [0.2, 0.25) is 5.91 Å². The van der Waals surface area contributed by atoms with Crippen LogP contribution in [-0.2, 0) is 4.79 Å². The van der Waals surface area contributed by atoms with E-state index in [4.69, 9.17) is 5.26 Å². The second-order valence-corrected chi connectivity index (χ2v) is 5.06. The van der Waals surface area contributed by atoms with Crippen LogP contribution < -0.4 is 0 Å². The molecule has 0 spiro atoms. The molecule has 1 fully saturated rings. The number of amides is 1. The monoisotopic (exact) mass is 287 g/mol. The van der Waals surface area contributed by atoms with E-state index in [0.29, 0.717) is 6.42 Å². The Balaban J connectivity index is 2.32. The minimum atomic E-state index is -0.0434. The minimum Gasteiger partial charge on any atom is -0.339 e. The molecule has 0 bridgehead atoms. The van der Waals surface area contributed by atoms with Crippen molar-refractivity contribution in [3.63, 3.8) is 0 Å². The predicted octanol–water partition coefficient (Wildman–Crippen LogP) is 1.22. The summed E-state index contributed by atoms with van der Waals surface area (Å²) < 4.78 is 0. The fourth-order valence-corrected chi connectivity index (χ4v) is 2.06. The molecule has 1 atom stereocenters. The van der Waals surface area contributed by atoms with Crippen molar-refractivity contribution in [3.8, 4) is 6.07 Å². The maximum absolute atomic E-state index is 11.9. The van der Waals surface area contributed by atoms with Gasteiger partial charge < -0.3 is 4.90 Å². The summed E-state index contributed by atoms with van der Waals surface area (Å²) in [5.41, 5.74) is 0.